The van der Waals surface area contributed by atoms with Crippen LogP contribution in [-0.2, 0) is 14.3 Å². The molecule has 0 bridgehead atoms. The molecule has 0 atom stereocenters. The van der Waals surface area contributed by atoms with E-state index < -0.39 is 8.07 Å². The molecule has 0 unspecified atom stereocenters. The van der Waals surface area contributed by atoms with Crippen LogP contribution >= 0.6 is 0 Å². The Labute approximate surface area is 111 Å². The standard InChI is InChI=1S/C14H24O3Si/c1-6-16-13-11(5)14(15)17-12(13)10-18(7-2,8-3)9-4/h10H,6-9H2,1-5H3/b12-10-. The van der Waals surface area contributed by atoms with Gasteiger partial charge in [-0.1, -0.05) is 38.9 Å². The van der Waals surface area contributed by atoms with E-state index in [1.807, 2.05) is 6.92 Å². The lowest BCUT2D eigenvalue weighted by molar-refractivity contribution is -0.133. The maximum absolute atomic E-state index is 11.6. The molecule has 0 fully saturated rings. The molecule has 0 aliphatic carbocycles. The number of ether oxygens (including phenoxy) is 2. The fourth-order valence-electron chi connectivity index (χ4n) is 2.25. The summed E-state index contributed by atoms with van der Waals surface area (Å²) in [6.45, 7) is 10.9. The zero-order valence-corrected chi connectivity index (χ0v) is 13.1. The number of carbonyl (C=O) groups excluding carboxylic acids is 1. The highest BCUT2D eigenvalue weighted by atomic mass is 28.3. The summed E-state index contributed by atoms with van der Waals surface area (Å²) in [4.78, 5) is 11.6. The van der Waals surface area contributed by atoms with Crippen molar-refractivity contribution in [3.63, 3.8) is 0 Å². The summed E-state index contributed by atoms with van der Waals surface area (Å²) < 4.78 is 10.9. The van der Waals surface area contributed by atoms with Crippen LogP contribution in [0.25, 0.3) is 0 Å². The Morgan fingerprint density at radius 3 is 2.17 bits per heavy atom. The van der Waals surface area contributed by atoms with Crippen LogP contribution in [0.1, 0.15) is 34.6 Å². The van der Waals surface area contributed by atoms with Crippen molar-refractivity contribution in [1.29, 1.82) is 0 Å². The molecule has 0 N–H and O–H groups in total. The quantitative estimate of drug-likeness (QED) is 0.543. The summed E-state index contributed by atoms with van der Waals surface area (Å²) in [5.74, 6) is 1.04. The summed E-state index contributed by atoms with van der Waals surface area (Å²) >= 11 is 0. The Bertz CT molecular complexity index is 370. The first-order valence-electron chi connectivity index (χ1n) is 6.82. The van der Waals surface area contributed by atoms with Crippen LogP contribution in [0.5, 0.6) is 0 Å². The first-order valence-corrected chi connectivity index (χ1v) is 9.52. The fraction of sp³-hybridized carbons (Fsp3) is 0.643. The second kappa shape index (κ2) is 6.23. The predicted octanol–water partition coefficient (Wildman–Crippen LogP) is 3.79. The lowest BCUT2D eigenvalue weighted by Crippen LogP contribution is -2.29. The molecule has 102 valence electrons. The van der Waals surface area contributed by atoms with E-state index in [2.05, 4.69) is 26.5 Å². The van der Waals surface area contributed by atoms with Gasteiger partial charge in [-0.15, -0.1) is 0 Å². The number of cyclic esters (lactones) is 1. The zero-order valence-electron chi connectivity index (χ0n) is 12.1. The smallest absolute Gasteiger partial charge is 0.343 e. The maximum atomic E-state index is 11.6. The van der Waals surface area contributed by atoms with Crippen LogP contribution in [-0.4, -0.2) is 20.7 Å². The third-order valence-corrected chi connectivity index (χ3v) is 9.01. The van der Waals surface area contributed by atoms with Crippen molar-refractivity contribution in [3.05, 3.63) is 22.8 Å². The zero-order chi connectivity index (χ0) is 13.8. The minimum Gasteiger partial charge on any atom is -0.489 e. The third-order valence-electron chi connectivity index (χ3n) is 3.91. The maximum Gasteiger partial charge on any atom is 0.343 e. The summed E-state index contributed by atoms with van der Waals surface area (Å²) in [6.07, 6.45) is 0. The van der Waals surface area contributed by atoms with Crippen LogP contribution in [0.4, 0.5) is 0 Å². The van der Waals surface area contributed by atoms with Gasteiger partial charge in [-0.3, -0.25) is 0 Å². The van der Waals surface area contributed by atoms with E-state index in [0.717, 1.165) is 0 Å². The average molecular weight is 268 g/mol. The van der Waals surface area contributed by atoms with Crippen LogP contribution in [0.2, 0.25) is 18.1 Å². The Kier molecular flexibility index (Phi) is 5.20. The second-order valence-electron chi connectivity index (χ2n) is 4.71. The molecule has 0 aromatic heterocycles. The minimum atomic E-state index is -1.47. The van der Waals surface area contributed by atoms with E-state index in [9.17, 15) is 4.79 Å². The van der Waals surface area contributed by atoms with Crippen LogP contribution in [0.15, 0.2) is 22.8 Å². The number of esters is 1. The highest BCUT2D eigenvalue weighted by Crippen LogP contribution is 2.31. The van der Waals surface area contributed by atoms with E-state index in [4.69, 9.17) is 9.47 Å². The van der Waals surface area contributed by atoms with Crippen molar-refractivity contribution >= 4 is 14.0 Å². The van der Waals surface area contributed by atoms with Gasteiger partial charge in [0.1, 0.15) is 0 Å². The van der Waals surface area contributed by atoms with Gasteiger partial charge in [-0.25, -0.2) is 4.79 Å². The van der Waals surface area contributed by atoms with Crippen LogP contribution in [0.3, 0.4) is 0 Å². The number of hydrogen-bond acceptors (Lipinski definition) is 3. The van der Waals surface area contributed by atoms with Crippen LogP contribution < -0.4 is 0 Å². The largest absolute Gasteiger partial charge is 0.489 e. The molecule has 0 radical (unpaired) electrons. The summed E-state index contributed by atoms with van der Waals surface area (Å²) in [5.41, 5.74) is 2.81. The Morgan fingerprint density at radius 1 is 1.17 bits per heavy atom. The number of rotatable bonds is 6. The first kappa shape index (κ1) is 15.0. The summed E-state index contributed by atoms with van der Waals surface area (Å²) in [5, 5.41) is 0. The van der Waals surface area contributed by atoms with Crippen molar-refractivity contribution in [1.82, 2.24) is 0 Å². The molecular weight excluding hydrogens is 244 g/mol. The molecule has 0 aromatic carbocycles. The molecule has 0 saturated carbocycles. The molecule has 0 amide bonds. The molecule has 0 aromatic rings. The van der Waals surface area contributed by atoms with Gasteiger partial charge in [0.05, 0.1) is 20.3 Å². The second-order valence-corrected chi connectivity index (χ2v) is 9.84. The average Bonchev–Trinajstić information content (AvgIpc) is 2.64. The van der Waals surface area contributed by atoms with E-state index in [1.54, 1.807) is 6.92 Å². The molecule has 1 heterocycles. The predicted molar refractivity (Wildman–Crippen MR) is 75.7 cm³/mol. The molecule has 1 aliphatic heterocycles. The lowest BCUT2D eigenvalue weighted by Gasteiger charge is -2.24. The lowest BCUT2D eigenvalue weighted by atomic mass is 10.3. The van der Waals surface area contributed by atoms with Gasteiger partial charge in [0.2, 0.25) is 0 Å². The summed E-state index contributed by atoms with van der Waals surface area (Å²) in [7, 11) is -1.47. The van der Waals surface area contributed by atoms with Gasteiger partial charge in [0.15, 0.2) is 11.5 Å². The Morgan fingerprint density at radius 2 is 1.72 bits per heavy atom. The van der Waals surface area contributed by atoms with E-state index in [-0.39, 0.29) is 5.97 Å². The van der Waals surface area contributed by atoms with E-state index in [1.165, 1.54) is 18.1 Å². The molecule has 4 heteroatoms. The van der Waals surface area contributed by atoms with Crippen molar-refractivity contribution in [2.45, 2.75) is 52.8 Å². The first-order chi connectivity index (χ1) is 8.53. The monoisotopic (exact) mass is 268 g/mol. The molecule has 0 saturated heterocycles. The highest BCUT2D eigenvalue weighted by Gasteiger charge is 2.33. The third kappa shape index (κ3) is 2.86. The van der Waals surface area contributed by atoms with Crippen molar-refractivity contribution in [2.24, 2.45) is 0 Å². The normalized spacial score (nSPS) is 18.5. The molecule has 1 rings (SSSR count). The van der Waals surface area contributed by atoms with Crippen LogP contribution in [0, 0.1) is 0 Å². The molecule has 1 aliphatic rings. The number of hydrogen-bond donors (Lipinski definition) is 0. The van der Waals surface area contributed by atoms with Gasteiger partial charge in [-0.05, 0) is 19.5 Å². The highest BCUT2D eigenvalue weighted by molar-refractivity contribution is 6.84. The minimum absolute atomic E-state index is 0.268. The van der Waals surface area contributed by atoms with Crippen molar-refractivity contribution in [2.75, 3.05) is 6.61 Å². The van der Waals surface area contributed by atoms with E-state index >= 15 is 0 Å². The topological polar surface area (TPSA) is 35.5 Å². The fourth-order valence-corrected chi connectivity index (χ4v) is 5.11. The molecule has 3 nitrogen and oxygen atoms in total. The number of carbonyl (C=O) groups is 1. The van der Waals surface area contributed by atoms with Crippen molar-refractivity contribution in [3.8, 4) is 0 Å². The van der Waals surface area contributed by atoms with Gasteiger partial charge < -0.3 is 9.47 Å². The van der Waals surface area contributed by atoms with Crippen molar-refractivity contribution < 1.29 is 14.3 Å². The van der Waals surface area contributed by atoms with Gasteiger partial charge in [0, 0.05) is 0 Å². The van der Waals surface area contributed by atoms with Gasteiger partial charge in [-0.2, -0.15) is 0 Å². The SMILES string of the molecule is CCOC1=C(C)C(=O)O/C1=C\[Si](CC)(CC)CC. The van der Waals surface area contributed by atoms with Gasteiger partial charge in [0.25, 0.3) is 0 Å². The summed E-state index contributed by atoms with van der Waals surface area (Å²) in [6, 6.07) is 3.50. The molecule has 18 heavy (non-hydrogen) atoms. The molecular formula is C14H24O3Si. The Balaban J connectivity index is 3.12. The van der Waals surface area contributed by atoms with E-state index in [0.29, 0.717) is 23.7 Å². The van der Waals surface area contributed by atoms with Gasteiger partial charge >= 0.3 is 5.97 Å². The molecule has 0 spiro atoms. The Hall–Kier alpha value is -1.03.